The highest BCUT2D eigenvalue weighted by Crippen LogP contribution is 2.40. The van der Waals surface area contributed by atoms with Crippen LogP contribution in [0.4, 0.5) is 40.9 Å². The Balaban J connectivity index is 1.70. The number of carbonyl (C=O) groups excluding carboxylic acids is 3. The Bertz CT molecular complexity index is 1630. The first-order valence-corrected chi connectivity index (χ1v) is 13.0. The number of ether oxygens (including phenoxy) is 1. The number of hydrogen-bond acceptors (Lipinski definition) is 7. The SMILES string of the molecule is COc1ncc(-c2cc(C(F)(F)F)c3c(NC(=O)C(C)(C)F)ncnn23)cc1C(=O)NC1CN(C(=O)C(C)C(F)(F)F)CC1F. The second-order valence-corrected chi connectivity index (χ2v) is 10.6. The molecule has 0 aliphatic carbocycles. The van der Waals surface area contributed by atoms with E-state index in [1.165, 1.54) is 0 Å². The van der Waals surface area contributed by atoms with Crippen LogP contribution in [0, 0.1) is 5.92 Å². The third-order valence-corrected chi connectivity index (χ3v) is 6.95. The van der Waals surface area contributed by atoms with E-state index in [1.807, 2.05) is 5.32 Å². The van der Waals surface area contributed by atoms with Gasteiger partial charge in [0.1, 0.15) is 29.5 Å². The molecule has 3 aromatic rings. The van der Waals surface area contributed by atoms with Crippen molar-refractivity contribution in [3.05, 3.63) is 35.8 Å². The van der Waals surface area contributed by atoms with E-state index in [0.717, 1.165) is 44.1 Å². The summed E-state index contributed by atoms with van der Waals surface area (Å²) in [7, 11) is 1.12. The molecule has 1 saturated heterocycles. The fourth-order valence-corrected chi connectivity index (χ4v) is 4.47. The molecule has 3 atom stereocenters. The van der Waals surface area contributed by atoms with E-state index in [1.54, 1.807) is 0 Å². The number of anilines is 1. The molecule has 2 N–H and O–H groups in total. The lowest BCUT2D eigenvalue weighted by Gasteiger charge is -2.22. The lowest BCUT2D eigenvalue weighted by atomic mass is 10.1. The monoisotopic (exact) mass is 651 g/mol. The van der Waals surface area contributed by atoms with Crippen molar-refractivity contribution < 1.29 is 54.2 Å². The molecular formula is C26H25F8N7O4. The second-order valence-electron chi connectivity index (χ2n) is 10.6. The summed E-state index contributed by atoms with van der Waals surface area (Å²) in [5.41, 5.74) is -5.40. The zero-order valence-corrected chi connectivity index (χ0v) is 23.8. The quantitative estimate of drug-likeness (QED) is 0.370. The van der Waals surface area contributed by atoms with Crippen LogP contribution in [0.3, 0.4) is 0 Å². The Morgan fingerprint density at radius 1 is 1.04 bits per heavy atom. The number of rotatable bonds is 7. The molecule has 0 aromatic carbocycles. The number of carbonyl (C=O) groups is 3. The average Bonchev–Trinajstić information content (AvgIpc) is 3.52. The number of alkyl halides is 8. The number of fused-ring (bicyclic) bond motifs is 1. The van der Waals surface area contributed by atoms with Crippen LogP contribution in [0.1, 0.15) is 36.7 Å². The molecule has 1 aliphatic heterocycles. The number of nitrogens with one attached hydrogen (secondary N) is 2. The molecule has 3 aromatic heterocycles. The Labute approximate surface area is 248 Å². The topological polar surface area (TPSA) is 131 Å². The fourth-order valence-electron chi connectivity index (χ4n) is 4.47. The Morgan fingerprint density at radius 2 is 1.71 bits per heavy atom. The third-order valence-electron chi connectivity index (χ3n) is 6.95. The Morgan fingerprint density at radius 3 is 2.29 bits per heavy atom. The van der Waals surface area contributed by atoms with E-state index in [2.05, 4.69) is 20.4 Å². The van der Waals surface area contributed by atoms with E-state index in [9.17, 15) is 49.5 Å². The summed E-state index contributed by atoms with van der Waals surface area (Å²) < 4.78 is 116. The normalized spacial score (nSPS) is 18.2. The summed E-state index contributed by atoms with van der Waals surface area (Å²) in [5, 5.41) is 8.10. The van der Waals surface area contributed by atoms with Crippen LogP contribution in [0.2, 0.25) is 0 Å². The van der Waals surface area contributed by atoms with Gasteiger partial charge in [-0.2, -0.15) is 31.4 Å². The van der Waals surface area contributed by atoms with Crippen LogP contribution in [0.5, 0.6) is 5.88 Å². The van der Waals surface area contributed by atoms with Gasteiger partial charge in [0.15, 0.2) is 11.5 Å². The van der Waals surface area contributed by atoms with Gasteiger partial charge in [-0.3, -0.25) is 14.4 Å². The van der Waals surface area contributed by atoms with Gasteiger partial charge in [-0.05, 0) is 32.9 Å². The van der Waals surface area contributed by atoms with Gasteiger partial charge in [0.2, 0.25) is 11.8 Å². The van der Waals surface area contributed by atoms with Crippen molar-refractivity contribution in [1.29, 1.82) is 0 Å². The highest BCUT2D eigenvalue weighted by molar-refractivity contribution is 6.00. The first-order valence-electron chi connectivity index (χ1n) is 13.0. The lowest BCUT2D eigenvalue weighted by Crippen LogP contribution is -2.43. The molecule has 0 radical (unpaired) electrons. The summed E-state index contributed by atoms with van der Waals surface area (Å²) >= 11 is 0. The number of hydrogen-bond donors (Lipinski definition) is 2. The number of amides is 3. The number of likely N-dealkylation sites (tertiary alicyclic amines) is 1. The molecule has 0 saturated carbocycles. The molecule has 45 heavy (non-hydrogen) atoms. The molecule has 3 unspecified atom stereocenters. The standard InChI is InChI=1S/C26H25F8N7O4/c1-11(25(29,30)31)22(43)40-8-15(27)16(9-40)38-20(42)13-5-12(7-35-21(13)45-4)17-6-14(26(32,33)34)18-19(36-10-37-41(17)18)39-23(44)24(2,3)28/h5-7,10-11,15-16H,8-9H2,1-4H3,(H,38,42)(H,36,37,39,44). The Hall–Kier alpha value is -4.58. The fraction of sp³-hybridized carbons (Fsp3) is 0.462. The van der Waals surface area contributed by atoms with Crippen LogP contribution in [-0.4, -0.2) is 86.5 Å². The highest BCUT2D eigenvalue weighted by atomic mass is 19.4. The molecule has 4 heterocycles. The molecule has 3 amide bonds. The predicted molar refractivity (Wildman–Crippen MR) is 140 cm³/mol. The van der Waals surface area contributed by atoms with Crippen molar-refractivity contribution in [3.63, 3.8) is 0 Å². The molecule has 0 bridgehead atoms. The van der Waals surface area contributed by atoms with Crippen molar-refractivity contribution in [2.45, 2.75) is 51.0 Å². The maximum atomic E-state index is 14.7. The van der Waals surface area contributed by atoms with E-state index in [4.69, 9.17) is 4.74 Å². The van der Waals surface area contributed by atoms with Crippen LogP contribution < -0.4 is 15.4 Å². The third kappa shape index (κ3) is 6.75. The molecule has 244 valence electrons. The van der Waals surface area contributed by atoms with Gasteiger partial charge in [0, 0.05) is 18.3 Å². The predicted octanol–water partition coefficient (Wildman–Crippen LogP) is 3.98. The van der Waals surface area contributed by atoms with Crippen molar-refractivity contribution in [1.82, 2.24) is 29.8 Å². The van der Waals surface area contributed by atoms with Gasteiger partial charge in [-0.15, -0.1) is 0 Å². The summed E-state index contributed by atoms with van der Waals surface area (Å²) in [6, 6.07) is 0.246. The number of aromatic nitrogens is 4. The zero-order chi connectivity index (χ0) is 33.6. The number of methoxy groups -OCH3 is 1. The van der Waals surface area contributed by atoms with Gasteiger partial charge in [0.05, 0.1) is 31.0 Å². The van der Waals surface area contributed by atoms with Crippen molar-refractivity contribution in [2.75, 3.05) is 25.5 Å². The van der Waals surface area contributed by atoms with Crippen LogP contribution >= 0.6 is 0 Å². The van der Waals surface area contributed by atoms with Crippen molar-refractivity contribution in [3.8, 4) is 17.1 Å². The largest absolute Gasteiger partial charge is 0.480 e. The van der Waals surface area contributed by atoms with Gasteiger partial charge in [-0.1, -0.05) is 0 Å². The maximum absolute atomic E-state index is 14.7. The smallest absolute Gasteiger partial charge is 0.418 e. The first-order chi connectivity index (χ1) is 20.7. The van der Waals surface area contributed by atoms with E-state index in [-0.39, 0.29) is 17.1 Å². The van der Waals surface area contributed by atoms with E-state index in [0.29, 0.717) is 17.9 Å². The van der Waals surface area contributed by atoms with Crippen LogP contribution in [0.25, 0.3) is 16.8 Å². The highest BCUT2D eigenvalue weighted by Gasteiger charge is 2.46. The summed E-state index contributed by atoms with van der Waals surface area (Å²) in [6.45, 7) is 1.11. The van der Waals surface area contributed by atoms with Crippen LogP contribution in [-0.2, 0) is 15.8 Å². The van der Waals surface area contributed by atoms with Gasteiger partial charge < -0.3 is 20.3 Å². The molecule has 1 fully saturated rings. The maximum Gasteiger partial charge on any atom is 0.418 e. The van der Waals surface area contributed by atoms with Crippen molar-refractivity contribution in [2.24, 2.45) is 5.92 Å². The minimum atomic E-state index is -5.02. The Kier molecular flexibility index (Phi) is 8.69. The lowest BCUT2D eigenvalue weighted by molar-refractivity contribution is -0.185. The summed E-state index contributed by atoms with van der Waals surface area (Å²) in [6.07, 6.45) is -9.99. The molecular weight excluding hydrogens is 626 g/mol. The van der Waals surface area contributed by atoms with E-state index >= 15 is 0 Å². The number of nitrogens with zero attached hydrogens (tertiary/aromatic N) is 5. The number of pyridine rings is 1. The first kappa shape index (κ1) is 33.3. The van der Waals surface area contributed by atoms with Gasteiger partial charge in [0.25, 0.3) is 11.8 Å². The van der Waals surface area contributed by atoms with Crippen LogP contribution in [0.15, 0.2) is 24.7 Å². The summed E-state index contributed by atoms with van der Waals surface area (Å²) in [5.74, 6) is -7.12. The molecule has 11 nitrogen and oxygen atoms in total. The van der Waals surface area contributed by atoms with Crippen molar-refractivity contribution >= 4 is 29.1 Å². The number of halogens is 8. The zero-order valence-electron chi connectivity index (χ0n) is 23.8. The van der Waals surface area contributed by atoms with Gasteiger partial charge in [-0.25, -0.2) is 23.3 Å². The molecule has 1 aliphatic rings. The molecule has 4 rings (SSSR count). The minimum Gasteiger partial charge on any atom is -0.480 e. The average molecular weight is 652 g/mol. The van der Waals surface area contributed by atoms with E-state index < -0.39 is 89.4 Å². The second kappa shape index (κ2) is 11.7. The minimum absolute atomic E-state index is 0.146. The van der Waals surface area contributed by atoms with Gasteiger partial charge >= 0.3 is 12.4 Å². The molecule has 19 heteroatoms. The molecule has 0 spiro atoms. The summed E-state index contributed by atoms with van der Waals surface area (Å²) in [4.78, 5) is 45.9.